The summed E-state index contributed by atoms with van der Waals surface area (Å²) in [6, 6.07) is 47.2. The van der Waals surface area contributed by atoms with Crippen molar-refractivity contribution >= 4 is 27.1 Å². The van der Waals surface area contributed by atoms with Gasteiger partial charge in [0.1, 0.15) is 0 Å². The summed E-state index contributed by atoms with van der Waals surface area (Å²) < 4.78 is 0. The Hall–Kier alpha value is -3.09. The fourth-order valence-electron chi connectivity index (χ4n) is 4.88. The quantitative estimate of drug-likeness (QED) is 0.264. The zero-order valence-corrected chi connectivity index (χ0v) is 25.3. The third-order valence-corrected chi connectivity index (χ3v) is 6.68. The van der Waals surface area contributed by atoms with Crippen molar-refractivity contribution in [3.8, 4) is 22.3 Å². The van der Waals surface area contributed by atoms with E-state index in [0.717, 1.165) is 6.42 Å². The molecule has 0 fully saturated rings. The van der Waals surface area contributed by atoms with Crippen LogP contribution in [0.15, 0.2) is 146 Å². The van der Waals surface area contributed by atoms with Gasteiger partial charge in [-0.25, -0.2) is 0 Å². The van der Waals surface area contributed by atoms with Crippen LogP contribution >= 0.6 is 0 Å². The number of rotatable bonds is 3. The monoisotopic (exact) mass is 618 g/mol. The molecule has 0 unspecified atom stereocenters. The van der Waals surface area contributed by atoms with Crippen LogP contribution in [0.3, 0.4) is 0 Å². The molecule has 0 nitrogen and oxygen atoms in total. The molecule has 0 amide bonds. The van der Waals surface area contributed by atoms with E-state index in [-0.39, 0.29) is 51.0 Å². The molecule has 0 radical (unpaired) electrons. The minimum absolute atomic E-state index is 0. The SMILES string of the molecule is [C-]1=C(c2cc(-c3ccccc3)cc(-c3ccccc3)c2)C=CC1.[Cl-].[Cl-].[Zr+4].c1ccc2c(c1)[cH-]c1ccccc12. The zero-order chi connectivity index (χ0) is 24.2. The van der Waals surface area contributed by atoms with Crippen LogP contribution in [0.1, 0.15) is 12.0 Å². The normalized spacial score (nSPS) is 11.4. The van der Waals surface area contributed by atoms with E-state index in [1.54, 1.807) is 0 Å². The van der Waals surface area contributed by atoms with E-state index >= 15 is 0 Å². The maximum Gasteiger partial charge on any atom is 4.00 e. The van der Waals surface area contributed by atoms with E-state index in [1.165, 1.54) is 54.9 Å². The number of hydrogen-bond acceptors (Lipinski definition) is 0. The average Bonchev–Trinajstić information content (AvgIpc) is 3.63. The van der Waals surface area contributed by atoms with Gasteiger partial charge in [0.25, 0.3) is 0 Å². The fraction of sp³-hybridized carbons (Fsp3) is 0.0278. The first-order chi connectivity index (χ1) is 17.8. The molecule has 0 heterocycles. The van der Waals surface area contributed by atoms with Crippen molar-refractivity contribution in [1.29, 1.82) is 0 Å². The Balaban J connectivity index is 0.000000226. The Bertz CT molecular complexity index is 1590. The van der Waals surface area contributed by atoms with Gasteiger partial charge in [0.15, 0.2) is 0 Å². The van der Waals surface area contributed by atoms with Crippen molar-refractivity contribution in [3.63, 3.8) is 0 Å². The topological polar surface area (TPSA) is 0 Å². The predicted octanol–water partition coefficient (Wildman–Crippen LogP) is 3.88. The van der Waals surface area contributed by atoms with Gasteiger partial charge in [-0.2, -0.15) is 17.7 Å². The van der Waals surface area contributed by atoms with Gasteiger partial charge < -0.3 is 24.8 Å². The zero-order valence-electron chi connectivity index (χ0n) is 21.3. The van der Waals surface area contributed by atoms with Crippen LogP contribution in [0.25, 0.3) is 49.4 Å². The summed E-state index contributed by atoms with van der Waals surface area (Å²) in [4.78, 5) is 0. The minimum Gasteiger partial charge on any atom is -1.00 e. The van der Waals surface area contributed by atoms with Crippen molar-refractivity contribution in [2.75, 3.05) is 0 Å². The molecule has 0 aromatic heterocycles. The van der Waals surface area contributed by atoms with Crippen molar-refractivity contribution in [2.24, 2.45) is 0 Å². The molecule has 0 N–H and O–H groups in total. The molecule has 0 atom stereocenters. The van der Waals surface area contributed by atoms with Crippen LogP contribution in [0.4, 0.5) is 0 Å². The third kappa shape index (κ3) is 6.92. The van der Waals surface area contributed by atoms with Gasteiger partial charge in [-0.1, -0.05) is 103 Å². The smallest absolute Gasteiger partial charge is 1.00 e. The maximum atomic E-state index is 3.44. The number of allylic oxidation sites excluding steroid dienone is 4. The molecule has 6 aromatic rings. The molecule has 3 heteroatoms. The largest absolute Gasteiger partial charge is 4.00 e. The van der Waals surface area contributed by atoms with E-state index in [0.29, 0.717) is 0 Å². The Labute approximate surface area is 262 Å². The van der Waals surface area contributed by atoms with Gasteiger partial charge in [-0.05, 0) is 28.3 Å². The maximum absolute atomic E-state index is 3.44. The molecular formula is C36H26Cl2Zr. The number of halogens is 2. The van der Waals surface area contributed by atoms with Gasteiger partial charge in [-0.15, -0.1) is 63.5 Å². The van der Waals surface area contributed by atoms with Gasteiger partial charge in [0.2, 0.25) is 0 Å². The summed E-state index contributed by atoms with van der Waals surface area (Å²) in [6.45, 7) is 0. The Morgan fingerprint density at radius 1 is 0.487 bits per heavy atom. The first-order valence-electron chi connectivity index (χ1n) is 12.4. The molecule has 0 bridgehead atoms. The summed E-state index contributed by atoms with van der Waals surface area (Å²) in [5.41, 5.74) is 7.41. The van der Waals surface area contributed by atoms with Crippen LogP contribution in [0.2, 0.25) is 0 Å². The van der Waals surface area contributed by atoms with Crippen LogP contribution in [-0.2, 0) is 26.2 Å². The molecule has 7 rings (SSSR count). The molecule has 188 valence electrons. The minimum atomic E-state index is 0. The van der Waals surface area contributed by atoms with E-state index < -0.39 is 0 Å². The fourth-order valence-corrected chi connectivity index (χ4v) is 4.88. The van der Waals surface area contributed by atoms with E-state index in [4.69, 9.17) is 0 Å². The van der Waals surface area contributed by atoms with Crippen molar-refractivity contribution in [3.05, 3.63) is 157 Å². The van der Waals surface area contributed by atoms with Crippen molar-refractivity contribution in [2.45, 2.75) is 6.42 Å². The second-order valence-corrected chi connectivity index (χ2v) is 9.05. The summed E-state index contributed by atoms with van der Waals surface area (Å²) in [6.07, 6.45) is 8.67. The van der Waals surface area contributed by atoms with E-state index in [1.807, 2.05) is 0 Å². The molecule has 0 saturated heterocycles. The Kier molecular flexibility index (Phi) is 11.2. The Morgan fingerprint density at radius 3 is 1.38 bits per heavy atom. The average molecular weight is 621 g/mol. The van der Waals surface area contributed by atoms with Gasteiger partial charge in [0, 0.05) is 0 Å². The first-order valence-corrected chi connectivity index (χ1v) is 12.4. The Morgan fingerprint density at radius 2 is 0.923 bits per heavy atom. The van der Waals surface area contributed by atoms with Crippen molar-refractivity contribution in [1.82, 2.24) is 0 Å². The van der Waals surface area contributed by atoms with E-state index in [9.17, 15) is 0 Å². The predicted molar refractivity (Wildman–Crippen MR) is 155 cm³/mol. The van der Waals surface area contributed by atoms with E-state index in [2.05, 4.69) is 152 Å². The number of hydrogen-bond donors (Lipinski definition) is 0. The van der Waals surface area contributed by atoms with Crippen LogP contribution in [-0.4, -0.2) is 0 Å². The third-order valence-electron chi connectivity index (χ3n) is 6.68. The molecule has 1 aliphatic rings. The molecule has 0 spiro atoms. The number of benzene rings is 5. The summed E-state index contributed by atoms with van der Waals surface area (Å²) in [5.74, 6) is 0. The molecule has 0 saturated carbocycles. The van der Waals surface area contributed by atoms with Gasteiger partial charge in [-0.3, -0.25) is 0 Å². The standard InChI is InChI=1S/C23H17.C13H9.2ClH.Zr/c1-3-9-18(10-4-1)21-15-22(19-11-5-2-6-12-19)17-23(16-21)20-13-7-8-14-20;1-3-7-12-10(5-1)9-11-6-2-4-8-13(11)12;;;/h1-7,9-13,15-17H,8H2;1-9H;2*1H;/q2*-1;;;+4/p-2. The molecule has 39 heavy (non-hydrogen) atoms. The van der Waals surface area contributed by atoms with Crippen molar-refractivity contribution < 1.29 is 51.0 Å². The second-order valence-electron chi connectivity index (χ2n) is 9.05. The summed E-state index contributed by atoms with van der Waals surface area (Å²) in [7, 11) is 0. The first kappa shape index (κ1) is 30.5. The van der Waals surface area contributed by atoms with Crippen LogP contribution in [0.5, 0.6) is 0 Å². The molecule has 0 aliphatic heterocycles. The molecule has 6 aromatic carbocycles. The number of fused-ring (bicyclic) bond motifs is 3. The van der Waals surface area contributed by atoms with Gasteiger partial charge in [0.05, 0.1) is 0 Å². The molecular weight excluding hydrogens is 595 g/mol. The summed E-state index contributed by atoms with van der Waals surface area (Å²) in [5, 5.41) is 5.39. The van der Waals surface area contributed by atoms with Gasteiger partial charge >= 0.3 is 26.2 Å². The summed E-state index contributed by atoms with van der Waals surface area (Å²) >= 11 is 0. The second kappa shape index (κ2) is 14.3. The molecule has 1 aliphatic carbocycles. The van der Waals surface area contributed by atoms with Crippen LogP contribution in [0, 0.1) is 6.08 Å². The van der Waals surface area contributed by atoms with Crippen LogP contribution < -0.4 is 24.8 Å².